The van der Waals surface area contributed by atoms with Gasteiger partial charge in [0.05, 0.1) is 21.8 Å². The molecule has 2 aromatic carbocycles. The van der Waals surface area contributed by atoms with E-state index in [1.165, 1.54) is 42.7 Å². The number of para-hydroxylation sites is 1. The van der Waals surface area contributed by atoms with Gasteiger partial charge in [-0.2, -0.15) is 4.72 Å². The van der Waals surface area contributed by atoms with Crippen LogP contribution in [0.3, 0.4) is 0 Å². The summed E-state index contributed by atoms with van der Waals surface area (Å²) in [4.78, 5) is 40.5. The van der Waals surface area contributed by atoms with E-state index in [4.69, 9.17) is 0 Å². The Morgan fingerprint density at radius 1 is 1.09 bits per heavy atom. The molecule has 3 rings (SSSR count). The summed E-state index contributed by atoms with van der Waals surface area (Å²) in [5, 5.41) is 2.99. The molecule has 0 radical (unpaired) electrons. The third kappa shape index (κ3) is 5.54. The van der Waals surface area contributed by atoms with Crippen LogP contribution in [0.5, 0.6) is 0 Å². The van der Waals surface area contributed by atoms with E-state index in [2.05, 4.69) is 25.9 Å². The summed E-state index contributed by atoms with van der Waals surface area (Å²) >= 11 is 0. The van der Waals surface area contributed by atoms with Gasteiger partial charge in [-0.1, -0.05) is 12.1 Å². The topological polar surface area (TPSA) is 151 Å². The molecular weight excluding hydrogens is 448 g/mol. The lowest BCUT2D eigenvalue weighted by Gasteiger charge is -2.17. The minimum absolute atomic E-state index is 0.0692. The molecule has 2 amide bonds. The summed E-state index contributed by atoms with van der Waals surface area (Å²) in [6.07, 6.45) is 0. The third-order valence-electron chi connectivity index (χ3n) is 4.69. The Hall–Kier alpha value is -3.77. The van der Waals surface area contributed by atoms with Crippen molar-refractivity contribution < 1.29 is 18.0 Å². The van der Waals surface area contributed by atoms with E-state index < -0.39 is 22.0 Å². The van der Waals surface area contributed by atoms with Crippen molar-refractivity contribution in [1.82, 2.24) is 19.7 Å². The predicted molar refractivity (Wildman–Crippen MR) is 124 cm³/mol. The number of carbonyl (C=O) groups is 2. The molecule has 1 aromatic heterocycles. The second-order valence-corrected chi connectivity index (χ2v) is 8.88. The molecule has 0 unspecified atom stereocenters. The first-order chi connectivity index (χ1) is 15.6. The molecule has 0 spiro atoms. The second kappa shape index (κ2) is 9.79. The van der Waals surface area contributed by atoms with Gasteiger partial charge in [0.1, 0.15) is 0 Å². The predicted octanol–water partition coefficient (Wildman–Crippen LogP) is 1.18. The van der Waals surface area contributed by atoms with Crippen LogP contribution in [0.1, 0.15) is 20.8 Å². The highest BCUT2D eigenvalue weighted by Crippen LogP contribution is 2.14. The maximum Gasteiger partial charge on any atom is 0.262 e. The van der Waals surface area contributed by atoms with Gasteiger partial charge in [-0.25, -0.2) is 13.4 Å². The lowest BCUT2D eigenvalue weighted by atomic mass is 10.2. The lowest BCUT2D eigenvalue weighted by Crippen LogP contribution is -2.47. The fourth-order valence-electron chi connectivity index (χ4n) is 3.06. The lowest BCUT2D eigenvalue weighted by molar-refractivity contribution is -0.121. The number of fused-ring (bicyclic) bond motifs is 1. The molecule has 0 aliphatic heterocycles. The summed E-state index contributed by atoms with van der Waals surface area (Å²) in [6, 6.07) is 11.2. The van der Waals surface area contributed by atoms with Gasteiger partial charge in [-0.05, 0) is 50.2 Å². The molecular formula is C21H24N6O5S. The Balaban J connectivity index is 1.70. The highest BCUT2D eigenvalue weighted by atomic mass is 32.2. The summed E-state index contributed by atoms with van der Waals surface area (Å²) in [7, 11) is -4.00. The van der Waals surface area contributed by atoms with Crippen molar-refractivity contribution in [2.75, 3.05) is 10.7 Å². The first-order valence-corrected chi connectivity index (χ1v) is 11.6. The van der Waals surface area contributed by atoms with Gasteiger partial charge in [0, 0.05) is 19.2 Å². The average Bonchev–Trinajstić information content (AvgIpc) is 2.77. The van der Waals surface area contributed by atoms with Crippen LogP contribution in [0.15, 0.2) is 58.2 Å². The molecule has 0 aliphatic rings. The van der Waals surface area contributed by atoms with Crippen molar-refractivity contribution in [3.63, 3.8) is 0 Å². The number of benzene rings is 2. The Morgan fingerprint density at radius 2 is 1.76 bits per heavy atom. The van der Waals surface area contributed by atoms with Crippen LogP contribution >= 0.6 is 0 Å². The van der Waals surface area contributed by atoms with Crippen LogP contribution in [-0.4, -0.2) is 35.8 Å². The van der Waals surface area contributed by atoms with E-state index in [0.717, 1.165) is 0 Å². The Labute approximate surface area is 190 Å². The zero-order valence-electron chi connectivity index (χ0n) is 18.2. The first kappa shape index (κ1) is 23.9. The number of hydrazine groups is 1. The van der Waals surface area contributed by atoms with Gasteiger partial charge in [0.2, 0.25) is 21.9 Å². The van der Waals surface area contributed by atoms with Crippen molar-refractivity contribution in [1.29, 1.82) is 0 Å². The maximum atomic E-state index is 12.6. The van der Waals surface area contributed by atoms with E-state index in [1.807, 2.05) is 0 Å². The number of carbonyl (C=O) groups excluding carboxylic acids is 2. The van der Waals surface area contributed by atoms with Gasteiger partial charge in [0.25, 0.3) is 11.5 Å². The highest BCUT2D eigenvalue weighted by Gasteiger charge is 2.22. The van der Waals surface area contributed by atoms with Crippen LogP contribution in [0, 0.1) is 0 Å². The number of nitrogens with zero attached hydrogens (tertiary/aromatic N) is 2. The molecule has 1 heterocycles. The average molecular weight is 473 g/mol. The number of amides is 2. The Bertz CT molecular complexity index is 1350. The monoisotopic (exact) mass is 472 g/mol. The molecule has 11 nitrogen and oxygen atoms in total. The Morgan fingerprint density at radius 3 is 2.39 bits per heavy atom. The number of rotatable bonds is 8. The minimum Gasteiger partial charge on any atom is -0.326 e. The molecule has 0 saturated heterocycles. The fraction of sp³-hybridized carbons (Fsp3) is 0.238. The van der Waals surface area contributed by atoms with Gasteiger partial charge in [-0.3, -0.25) is 29.8 Å². The van der Waals surface area contributed by atoms with Crippen LogP contribution in [0.2, 0.25) is 0 Å². The molecule has 12 heteroatoms. The van der Waals surface area contributed by atoms with Crippen LogP contribution in [-0.2, 0) is 26.2 Å². The zero-order chi connectivity index (χ0) is 24.2. The molecule has 1 atom stereocenters. The van der Waals surface area contributed by atoms with E-state index in [1.54, 1.807) is 31.2 Å². The van der Waals surface area contributed by atoms with Crippen LogP contribution in [0.25, 0.3) is 10.9 Å². The van der Waals surface area contributed by atoms with Crippen molar-refractivity contribution >= 4 is 44.4 Å². The number of sulfonamides is 1. The molecule has 0 fully saturated rings. The van der Waals surface area contributed by atoms with Gasteiger partial charge in [0.15, 0.2) is 0 Å². The molecule has 33 heavy (non-hydrogen) atoms. The smallest absolute Gasteiger partial charge is 0.262 e. The van der Waals surface area contributed by atoms with Crippen molar-refractivity contribution in [2.24, 2.45) is 0 Å². The van der Waals surface area contributed by atoms with Crippen molar-refractivity contribution in [3.05, 3.63) is 58.9 Å². The number of aromatic nitrogens is 2. The summed E-state index contributed by atoms with van der Waals surface area (Å²) < 4.78 is 28.8. The number of anilines is 2. The number of nitrogens with one attached hydrogen (secondary N) is 4. The van der Waals surface area contributed by atoms with Crippen molar-refractivity contribution in [2.45, 2.75) is 38.3 Å². The fourth-order valence-corrected chi connectivity index (χ4v) is 4.26. The third-order valence-corrected chi connectivity index (χ3v) is 6.24. The molecule has 3 aromatic rings. The van der Waals surface area contributed by atoms with Crippen LogP contribution in [0.4, 0.5) is 11.6 Å². The number of hydrogen-bond donors (Lipinski definition) is 4. The van der Waals surface area contributed by atoms with E-state index >= 15 is 0 Å². The summed E-state index contributed by atoms with van der Waals surface area (Å²) in [5.41, 5.74) is 5.63. The van der Waals surface area contributed by atoms with E-state index in [0.29, 0.717) is 23.1 Å². The molecule has 4 N–H and O–H groups in total. The number of hydrogen-bond acceptors (Lipinski definition) is 7. The maximum absolute atomic E-state index is 12.6. The normalized spacial score (nSPS) is 12.2. The standard InChI is InChI=1S/C21H24N6O5S/c1-4-27-20(30)17-7-5-6-8-18(17)23-21(27)25-24-19(29)13(2)26-33(31,32)16-11-9-15(10-12-16)22-14(3)28/h5-13,26H,4H2,1-3H3,(H,22,28)(H,23,25)(H,24,29)/t13-/m0/s1. The largest absolute Gasteiger partial charge is 0.326 e. The van der Waals surface area contributed by atoms with Gasteiger partial charge in [-0.15, -0.1) is 0 Å². The van der Waals surface area contributed by atoms with Gasteiger partial charge >= 0.3 is 0 Å². The first-order valence-electron chi connectivity index (χ1n) is 10.1. The SMILES string of the molecule is CCn1c(NNC(=O)[C@H](C)NS(=O)(=O)c2ccc(NC(C)=O)cc2)nc2ccccc2c1=O. The molecule has 0 saturated carbocycles. The Kier molecular flexibility index (Phi) is 7.09. The van der Waals surface area contributed by atoms with E-state index in [-0.39, 0.29) is 22.3 Å². The molecule has 174 valence electrons. The highest BCUT2D eigenvalue weighted by molar-refractivity contribution is 7.89. The quantitative estimate of drug-likeness (QED) is 0.359. The molecule has 0 bridgehead atoms. The van der Waals surface area contributed by atoms with Crippen molar-refractivity contribution in [3.8, 4) is 0 Å². The second-order valence-electron chi connectivity index (χ2n) is 7.16. The summed E-state index contributed by atoms with van der Waals surface area (Å²) in [5.74, 6) is -0.840. The molecule has 0 aliphatic carbocycles. The minimum atomic E-state index is -4.00. The van der Waals surface area contributed by atoms with Gasteiger partial charge < -0.3 is 5.32 Å². The van der Waals surface area contributed by atoms with E-state index in [9.17, 15) is 22.8 Å². The zero-order valence-corrected chi connectivity index (χ0v) is 19.1. The van der Waals surface area contributed by atoms with Crippen LogP contribution < -0.4 is 26.4 Å². The summed E-state index contributed by atoms with van der Waals surface area (Å²) in [6.45, 7) is 4.79.